The summed E-state index contributed by atoms with van der Waals surface area (Å²) in [5, 5.41) is 47.5. The van der Waals surface area contributed by atoms with Gasteiger partial charge < -0.3 is 90.2 Å². The molecular formula is C63H86N6O16. The molecule has 4 aromatic carbocycles. The predicted octanol–water partition coefficient (Wildman–Crippen LogP) is 5.94. The number of aliphatic hydroxyl groups is 2. The second-order valence-electron chi connectivity index (χ2n) is 21.9. The molecule has 1 saturated heterocycles. The molecule has 5 unspecified atom stereocenters. The van der Waals surface area contributed by atoms with Crippen molar-refractivity contribution in [2.24, 2.45) is 35.2 Å². The van der Waals surface area contributed by atoms with E-state index in [-0.39, 0.29) is 53.7 Å². The highest BCUT2D eigenvalue weighted by molar-refractivity contribution is 6.00. The van der Waals surface area contributed by atoms with Crippen molar-refractivity contribution >= 4 is 30.3 Å². The number of benzene rings is 4. The van der Waals surface area contributed by atoms with Crippen molar-refractivity contribution in [1.29, 1.82) is 0 Å². The first-order chi connectivity index (χ1) is 41.4. The van der Waals surface area contributed by atoms with Crippen LogP contribution in [-0.2, 0) is 54.8 Å². The summed E-state index contributed by atoms with van der Waals surface area (Å²) in [6.45, 7) is 9.37. The number of nitrogens with one attached hydrogen (secondary N) is 4. The number of aromatic hydroxyl groups is 2. The monoisotopic (exact) mass is 1180 g/mol. The molecule has 10 rings (SSSR count). The topological polar surface area (TPSA) is 323 Å². The Morgan fingerprint density at radius 2 is 1.38 bits per heavy atom. The number of rotatable bonds is 26. The van der Waals surface area contributed by atoms with E-state index in [1.165, 1.54) is 68.9 Å². The van der Waals surface area contributed by atoms with Crippen LogP contribution in [0.2, 0.25) is 0 Å². The lowest BCUT2D eigenvalue weighted by Gasteiger charge is -2.36. The number of hydrazine groups is 1. The number of aliphatic hydroxyl groups excluding tert-OH is 2. The second-order valence-corrected chi connectivity index (χ2v) is 21.9. The second kappa shape index (κ2) is 33.7. The molecular weight excluding hydrogens is 1100 g/mol. The van der Waals surface area contributed by atoms with E-state index in [9.17, 15) is 34.8 Å². The van der Waals surface area contributed by atoms with Crippen LogP contribution in [0.15, 0.2) is 90.8 Å². The molecule has 4 aromatic rings. The molecule has 3 saturated carbocycles. The standard InChI is InChI=1S/C27H22N2O7.C25H43N3O8.C10H19N.CH2O/c30-16-4-7-20-22(11-16)35-23-12-17(31)5-8-21(23)27(20)19-6-3-15(10-18(19)26(34)36-27)29-25(33)13-28-24(32)9-14-1-2-14;1-20(18-28-26)27-7-9-31-10-11-32-12-13-33-14-15-34-23-4-2-21(3-5-23)6-8-35-25-17-22(30)16-24(19-29)36-25;11-7-10-8-5-3-1-2-4-6-9(8)10;1-2/h3-8,10-12,14,30-31H,1-2,9,13H2,(H,28,32)(H,29,33);2-5,18,22,24-25,27-30H,6-17,19,26H2,1H3;8-10H,1-7,11H2;1H2/b;20-18-;;. The van der Waals surface area contributed by atoms with Crippen LogP contribution in [0.5, 0.6) is 28.7 Å². The molecule has 2 amide bonds. The number of amides is 2. The molecule has 3 aliphatic heterocycles. The van der Waals surface area contributed by atoms with E-state index in [1.54, 1.807) is 30.5 Å². The van der Waals surface area contributed by atoms with Gasteiger partial charge >= 0.3 is 5.97 Å². The van der Waals surface area contributed by atoms with Gasteiger partial charge in [0.15, 0.2) is 11.9 Å². The Hall–Kier alpha value is -6.86. The lowest BCUT2D eigenvalue weighted by atomic mass is 9.77. The number of phenols is 2. The molecule has 6 aliphatic rings. The normalized spacial score (nSPS) is 21.2. The summed E-state index contributed by atoms with van der Waals surface area (Å²) in [6.07, 6.45) is 13.3. The van der Waals surface area contributed by atoms with Crippen LogP contribution >= 0.6 is 0 Å². The molecule has 0 bridgehead atoms. The Morgan fingerprint density at radius 3 is 1.99 bits per heavy atom. The number of nitrogens with two attached hydrogens (primary N) is 2. The summed E-state index contributed by atoms with van der Waals surface area (Å²) < 4.78 is 45.4. The molecule has 3 heterocycles. The van der Waals surface area contributed by atoms with Crippen molar-refractivity contribution < 1.29 is 77.5 Å². The Labute approximate surface area is 497 Å². The molecule has 12 N–H and O–H groups in total. The van der Waals surface area contributed by atoms with E-state index >= 15 is 0 Å². The van der Waals surface area contributed by atoms with Crippen LogP contribution in [0, 0.1) is 23.7 Å². The first kappa shape index (κ1) is 65.7. The molecule has 0 radical (unpaired) electrons. The van der Waals surface area contributed by atoms with Gasteiger partial charge in [-0.15, -0.1) is 0 Å². The lowest BCUT2D eigenvalue weighted by molar-refractivity contribution is -0.221. The molecule has 22 nitrogen and oxygen atoms in total. The zero-order chi connectivity index (χ0) is 60.6. The van der Waals surface area contributed by atoms with E-state index in [0.717, 1.165) is 54.2 Å². The van der Waals surface area contributed by atoms with Crippen molar-refractivity contribution in [2.75, 3.05) is 84.4 Å². The number of phenolic OH excluding ortho intramolecular Hbond substituents is 2. The van der Waals surface area contributed by atoms with Crippen LogP contribution in [0.25, 0.3) is 0 Å². The van der Waals surface area contributed by atoms with E-state index in [4.69, 9.17) is 54.3 Å². The SMILES string of the molecule is C/C(=C/NN)NCCOCCOCCOCCOc1ccc(CCOC2CC(O)CC(CO)O2)cc1.C=O.NCC1C2CCCCCCC12.O=C(CC1CC1)NCC(=O)Nc1ccc2c(c1)C(=O)OC21c2ccc(O)cc2Oc2cc(O)ccc21. The lowest BCUT2D eigenvalue weighted by Crippen LogP contribution is -2.39. The summed E-state index contributed by atoms with van der Waals surface area (Å²) >= 11 is 0. The van der Waals surface area contributed by atoms with Gasteiger partial charge in [-0.25, -0.2) is 4.79 Å². The minimum absolute atomic E-state index is 0.0284. The average molecular weight is 1180 g/mol. The molecule has 1 spiro atoms. The summed E-state index contributed by atoms with van der Waals surface area (Å²) in [6, 6.07) is 21.8. The summed E-state index contributed by atoms with van der Waals surface area (Å²) in [5.41, 5.74) is 11.1. The first-order valence-corrected chi connectivity index (χ1v) is 29.5. The maximum atomic E-state index is 13.1. The molecule has 4 fully saturated rings. The average Bonchev–Trinajstić information content (AvgIpc) is 1.73. The summed E-state index contributed by atoms with van der Waals surface area (Å²) in [5.74, 6) is 8.76. The third-order valence-corrected chi connectivity index (χ3v) is 15.6. The highest BCUT2D eigenvalue weighted by Crippen LogP contribution is 2.57. The first-order valence-electron chi connectivity index (χ1n) is 29.5. The van der Waals surface area contributed by atoms with Gasteiger partial charge in [0.05, 0.1) is 77.2 Å². The van der Waals surface area contributed by atoms with Crippen LogP contribution in [0.3, 0.4) is 0 Å². The van der Waals surface area contributed by atoms with Crippen LogP contribution in [0.1, 0.15) is 110 Å². The number of hydrogen-bond acceptors (Lipinski definition) is 20. The Balaban J connectivity index is 0.000000201. The Morgan fingerprint density at radius 1 is 0.753 bits per heavy atom. The largest absolute Gasteiger partial charge is 0.508 e. The van der Waals surface area contributed by atoms with Gasteiger partial charge in [0, 0.05) is 72.2 Å². The molecule has 0 aromatic heterocycles. The van der Waals surface area contributed by atoms with E-state index in [1.807, 2.05) is 38.0 Å². The highest BCUT2D eigenvalue weighted by Gasteiger charge is 2.54. The minimum atomic E-state index is -1.37. The van der Waals surface area contributed by atoms with Crippen LogP contribution in [-0.4, -0.2) is 143 Å². The van der Waals surface area contributed by atoms with E-state index in [0.29, 0.717) is 113 Å². The highest BCUT2D eigenvalue weighted by atomic mass is 16.7. The minimum Gasteiger partial charge on any atom is -0.508 e. The van der Waals surface area contributed by atoms with Crippen molar-refractivity contribution in [2.45, 2.75) is 108 Å². The van der Waals surface area contributed by atoms with Gasteiger partial charge in [-0.2, -0.15) is 0 Å². The fourth-order valence-electron chi connectivity index (χ4n) is 11.2. The van der Waals surface area contributed by atoms with Crippen LogP contribution < -0.4 is 42.4 Å². The van der Waals surface area contributed by atoms with Gasteiger partial charge in [0.2, 0.25) is 11.8 Å². The van der Waals surface area contributed by atoms with Gasteiger partial charge in [-0.05, 0) is 123 Å². The maximum Gasteiger partial charge on any atom is 0.340 e. The number of anilines is 1. The smallest absolute Gasteiger partial charge is 0.340 e. The quantitative estimate of drug-likeness (QED) is 0.0150. The molecule has 3 aliphatic carbocycles. The number of ether oxygens (including phenoxy) is 8. The van der Waals surface area contributed by atoms with Crippen molar-refractivity contribution in [3.05, 3.63) is 119 Å². The maximum absolute atomic E-state index is 13.1. The van der Waals surface area contributed by atoms with Gasteiger partial charge in [-0.3, -0.25) is 15.4 Å². The summed E-state index contributed by atoms with van der Waals surface area (Å²) in [7, 11) is 0. The Bertz CT molecular complexity index is 2720. The van der Waals surface area contributed by atoms with Crippen LogP contribution in [0.4, 0.5) is 5.69 Å². The van der Waals surface area contributed by atoms with E-state index in [2.05, 4.69) is 21.4 Å². The predicted molar refractivity (Wildman–Crippen MR) is 315 cm³/mol. The fraction of sp³-hybridized carbons (Fsp3) is 0.524. The third-order valence-electron chi connectivity index (χ3n) is 15.6. The van der Waals surface area contributed by atoms with Gasteiger partial charge in [-0.1, -0.05) is 43.9 Å². The summed E-state index contributed by atoms with van der Waals surface area (Å²) in [4.78, 5) is 45.4. The zero-order valence-electron chi connectivity index (χ0n) is 48.6. The number of fused-ring (bicyclic) bond motifs is 7. The van der Waals surface area contributed by atoms with E-state index < -0.39 is 29.9 Å². The number of carbonyl (C=O) groups excluding carboxylic acids is 4. The fourth-order valence-corrected chi connectivity index (χ4v) is 11.2. The van der Waals surface area contributed by atoms with Gasteiger partial charge in [0.1, 0.15) is 42.1 Å². The van der Waals surface area contributed by atoms with Crippen molar-refractivity contribution in [3.63, 3.8) is 0 Å². The Kier molecular flexibility index (Phi) is 26.1. The van der Waals surface area contributed by atoms with Gasteiger partial charge in [0.25, 0.3) is 0 Å². The molecule has 22 heteroatoms. The number of allylic oxidation sites excluding steroid dienone is 1. The third kappa shape index (κ3) is 19.6. The number of carbonyl (C=O) groups is 4. The molecule has 5 atom stereocenters. The molecule has 85 heavy (non-hydrogen) atoms. The zero-order valence-corrected chi connectivity index (χ0v) is 48.6. The number of hydrogen-bond donors (Lipinski definition) is 10. The molecule has 464 valence electrons. The van der Waals surface area contributed by atoms with Crippen molar-refractivity contribution in [3.8, 4) is 28.7 Å². The number of esters is 1. The van der Waals surface area contributed by atoms with Crippen molar-refractivity contribution in [1.82, 2.24) is 16.1 Å².